The zero-order chi connectivity index (χ0) is 13.0. The first-order valence-corrected chi connectivity index (χ1v) is 6.83. The van der Waals surface area contributed by atoms with Crippen molar-refractivity contribution in [2.24, 2.45) is 0 Å². The lowest BCUT2D eigenvalue weighted by Crippen LogP contribution is -2.45. The average Bonchev–Trinajstić information content (AvgIpc) is 2.62. The Hall–Kier alpha value is -0.870. The normalized spacial score (nSPS) is 13.1. The van der Waals surface area contributed by atoms with Crippen LogP contribution >= 0.6 is 11.3 Å². The smallest absolute Gasteiger partial charge is 0.237 e. The highest BCUT2D eigenvalue weighted by Crippen LogP contribution is 2.18. The van der Waals surface area contributed by atoms with E-state index in [0.29, 0.717) is 0 Å². The monoisotopic (exact) mass is 254 g/mol. The Kier molecular flexibility index (Phi) is 5.15. The summed E-state index contributed by atoms with van der Waals surface area (Å²) >= 11 is 1.75. The number of carbonyl (C=O) groups is 1. The van der Waals surface area contributed by atoms with Crippen LogP contribution in [0.3, 0.4) is 0 Å². The second-order valence-corrected chi connectivity index (χ2v) is 5.78. The molecule has 0 saturated carbocycles. The van der Waals surface area contributed by atoms with E-state index in [2.05, 4.69) is 28.6 Å². The Labute approximate surface area is 108 Å². The van der Waals surface area contributed by atoms with Gasteiger partial charge in [-0.05, 0) is 51.8 Å². The minimum absolute atomic E-state index is 0.0942. The molecule has 0 aliphatic rings. The number of rotatable bonds is 5. The number of nitrogens with zero attached hydrogens (tertiary/aromatic N) is 1. The number of nitrogens with one attached hydrogen (secondary N) is 1. The van der Waals surface area contributed by atoms with Crippen LogP contribution in [0.1, 0.15) is 31.2 Å². The molecule has 0 aromatic carbocycles. The molecule has 1 aromatic rings. The lowest BCUT2D eigenvalue weighted by molar-refractivity contribution is -0.126. The molecule has 0 fully saturated rings. The molecular formula is C13H22N2OS. The molecule has 96 valence electrons. The highest BCUT2D eigenvalue weighted by Gasteiger charge is 2.19. The molecule has 1 amide bonds. The van der Waals surface area contributed by atoms with Crippen LogP contribution < -0.4 is 5.32 Å². The summed E-state index contributed by atoms with van der Waals surface area (Å²) in [5, 5.41) is 5.04. The fraction of sp³-hybridized carbons (Fsp3) is 0.615. The summed E-state index contributed by atoms with van der Waals surface area (Å²) in [6, 6.07) is 2.22. The molecule has 3 nitrogen and oxygen atoms in total. The van der Waals surface area contributed by atoms with Gasteiger partial charge < -0.3 is 5.32 Å². The number of thiophene rings is 1. The van der Waals surface area contributed by atoms with Crippen LogP contribution in [0.25, 0.3) is 0 Å². The second-order valence-electron chi connectivity index (χ2n) is 4.78. The van der Waals surface area contributed by atoms with Crippen molar-refractivity contribution in [3.8, 4) is 0 Å². The van der Waals surface area contributed by atoms with Gasteiger partial charge in [-0.3, -0.25) is 9.69 Å². The molecule has 0 spiro atoms. The quantitative estimate of drug-likeness (QED) is 0.875. The van der Waals surface area contributed by atoms with Gasteiger partial charge in [0.1, 0.15) is 0 Å². The molecule has 1 aromatic heterocycles. The first-order chi connectivity index (χ1) is 7.91. The molecule has 1 rings (SSSR count). The SMILES string of the molecule is Cc1ccsc1CN(C)C(C)C(=O)NC(C)C. The number of hydrogen-bond donors (Lipinski definition) is 1. The van der Waals surface area contributed by atoms with Crippen LogP contribution in [-0.4, -0.2) is 29.9 Å². The second kappa shape index (κ2) is 6.17. The van der Waals surface area contributed by atoms with E-state index in [9.17, 15) is 4.79 Å². The topological polar surface area (TPSA) is 32.3 Å². The number of carbonyl (C=O) groups excluding carboxylic acids is 1. The summed E-state index contributed by atoms with van der Waals surface area (Å²) < 4.78 is 0. The van der Waals surface area contributed by atoms with E-state index in [0.717, 1.165) is 6.54 Å². The molecule has 1 atom stereocenters. The third-order valence-corrected chi connectivity index (χ3v) is 3.84. The van der Waals surface area contributed by atoms with Crippen molar-refractivity contribution in [2.75, 3.05) is 7.05 Å². The Balaban J connectivity index is 2.55. The van der Waals surface area contributed by atoms with Crippen molar-refractivity contribution in [1.82, 2.24) is 10.2 Å². The first kappa shape index (κ1) is 14.2. The molecule has 1 unspecified atom stereocenters. The molecular weight excluding hydrogens is 232 g/mol. The predicted molar refractivity (Wildman–Crippen MR) is 73.3 cm³/mol. The molecule has 0 aliphatic carbocycles. The zero-order valence-corrected chi connectivity index (χ0v) is 12.1. The van der Waals surface area contributed by atoms with Gasteiger partial charge in [0, 0.05) is 17.5 Å². The molecule has 17 heavy (non-hydrogen) atoms. The van der Waals surface area contributed by atoms with Gasteiger partial charge in [0.25, 0.3) is 0 Å². The van der Waals surface area contributed by atoms with E-state index in [1.807, 2.05) is 27.8 Å². The summed E-state index contributed by atoms with van der Waals surface area (Å²) in [7, 11) is 1.99. The van der Waals surface area contributed by atoms with E-state index in [1.165, 1.54) is 10.4 Å². The average molecular weight is 254 g/mol. The van der Waals surface area contributed by atoms with Gasteiger partial charge in [0.2, 0.25) is 5.91 Å². The number of hydrogen-bond acceptors (Lipinski definition) is 3. The van der Waals surface area contributed by atoms with Crippen LogP contribution in [0.15, 0.2) is 11.4 Å². The van der Waals surface area contributed by atoms with Crippen LogP contribution in [0.5, 0.6) is 0 Å². The maximum absolute atomic E-state index is 11.9. The fourth-order valence-electron chi connectivity index (χ4n) is 1.53. The van der Waals surface area contributed by atoms with Gasteiger partial charge >= 0.3 is 0 Å². The number of likely N-dealkylation sites (N-methyl/N-ethyl adjacent to an activating group) is 1. The summed E-state index contributed by atoms with van der Waals surface area (Å²) in [6.45, 7) is 8.84. The van der Waals surface area contributed by atoms with E-state index < -0.39 is 0 Å². The molecule has 0 saturated heterocycles. The third-order valence-electron chi connectivity index (χ3n) is 2.83. The van der Waals surface area contributed by atoms with E-state index >= 15 is 0 Å². The molecule has 1 N–H and O–H groups in total. The summed E-state index contributed by atoms with van der Waals surface area (Å²) in [5.74, 6) is 0.0942. The Morgan fingerprint density at radius 1 is 1.47 bits per heavy atom. The minimum Gasteiger partial charge on any atom is -0.353 e. The van der Waals surface area contributed by atoms with E-state index in [4.69, 9.17) is 0 Å². The van der Waals surface area contributed by atoms with Gasteiger partial charge in [-0.2, -0.15) is 0 Å². The van der Waals surface area contributed by atoms with Crippen LogP contribution in [0.4, 0.5) is 0 Å². The van der Waals surface area contributed by atoms with Gasteiger partial charge in [-0.15, -0.1) is 11.3 Å². The van der Waals surface area contributed by atoms with Crippen molar-refractivity contribution in [1.29, 1.82) is 0 Å². The summed E-state index contributed by atoms with van der Waals surface area (Å²) in [4.78, 5) is 15.3. The largest absolute Gasteiger partial charge is 0.353 e. The molecule has 0 radical (unpaired) electrons. The Morgan fingerprint density at radius 2 is 2.12 bits per heavy atom. The van der Waals surface area contributed by atoms with Crippen molar-refractivity contribution in [2.45, 2.75) is 46.3 Å². The van der Waals surface area contributed by atoms with Crippen molar-refractivity contribution in [3.05, 3.63) is 21.9 Å². The lowest BCUT2D eigenvalue weighted by Gasteiger charge is -2.24. The number of aryl methyl sites for hydroxylation is 1. The maximum atomic E-state index is 11.9. The first-order valence-electron chi connectivity index (χ1n) is 5.95. The van der Waals surface area contributed by atoms with Crippen LogP contribution in [-0.2, 0) is 11.3 Å². The fourth-order valence-corrected chi connectivity index (χ4v) is 2.50. The van der Waals surface area contributed by atoms with Gasteiger partial charge in [0.15, 0.2) is 0 Å². The highest BCUT2D eigenvalue weighted by molar-refractivity contribution is 7.10. The number of amides is 1. The van der Waals surface area contributed by atoms with Crippen molar-refractivity contribution < 1.29 is 4.79 Å². The van der Waals surface area contributed by atoms with Gasteiger partial charge in [-0.1, -0.05) is 0 Å². The molecule has 0 bridgehead atoms. The standard InChI is InChI=1S/C13H22N2OS/c1-9(2)14-13(16)11(4)15(5)8-12-10(3)6-7-17-12/h6-7,9,11H,8H2,1-5H3,(H,14,16). The minimum atomic E-state index is -0.0982. The van der Waals surface area contributed by atoms with Crippen molar-refractivity contribution >= 4 is 17.2 Å². The van der Waals surface area contributed by atoms with Gasteiger partial charge in [-0.25, -0.2) is 0 Å². The Morgan fingerprint density at radius 3 is 2.59 bits per heavy atom. The van der Waals surface area contributed by atoms with Crippen molar-refractivity contribution in [3.63, 3.8) is 0 Å². The van der Waals surface area contributed by atoms with Crippen LogP contribution in [0.2, 0.25) is 0 Å². The zero-order valence-electron chi connectivity index (χ0n) is 11.3. The molecule has 1 heterocycles. The lowest BCUT2D eigenvalue weighted by atomic mass is 10.2. The van der Waals surface area contributed by atoms with E-state index in [-0.39, 0.29) is 18.0 Å². The maximum Gasteiger partial charge on any atom is 0.237 e. The van der Waals surface area contributed by atoms with E-state index in [1.54, 1.807) is 11.3 Å². The predicted octanol–water partition coefficient (Wildman–Crippen LogP) is 2.40. The summed E-state index contributed by atoms with van der Waals surface area (Å²) in [5.41, 5.74) is 1.30. The molecule has 4 heteroatoms. The summed E-state index contributed by atoms with van der Waals surface area (Å²) in [6.07, 6.45) is 0. The van der Waals surface area contributed by atoms with Gasteiger partial charge in [0.05, 0.1) is 6.04 Å². The Bertz CT molecular complexity index is 373. The highest BCUT2D eigenvalue weighted by atomic mass is 32.1. The molecule has 0 aliphatic heterocycles. The third kappa shape index (κ3) is 4.13. The van der Waals surface area contributed by atoms with Crippen LogP contribution in [0, 0.1) is 6.92 Å².